The number of aryl methyl sites for hydroxylation is 1. The number of nitrogens with zero attached hydrogens (tertiary/aromatic N) is 3. The lowest BCUT2D eigenvalue weighted by Gasteiger charge is -2.11. The number of urea groups is 1. The Labute approximate surface area is 218 Å². The summed E-state index contributed by atoms with van der Waals surface area (Å²) in [6, 6.07) is 19.9. The first kappa shape index (κ1) is 24.8. The predicted octanol–water partition coefficient (Wildman–Crippen LogP) is 4.72. The first-order valence-electron chi connectivity index (χ1n) is 11.9. The maximum Gasteiger partial charge on any atom is 0.329 e. The zero-order chi connectivity index (χ0) is 26.8. The molecule has 3 aromatic carbocycles. The number of imide groups is 1. The third-order valence-corrected chi connectivity index (χ3v) is 6.29. The maximum atomic E-state index is 13.5. The average molecular weight is 513 g/mol. The molecule has 0 unspecified atom stereocenters. The molecule has 4 aromatic rings. The number of halogens is 1. The summed E-state index contributed by atoms with van der Waals surface area (Å²) in [5, 5.41) is 18.4. The Kier molecular flexibility index (Phi) is 6.66. The van der Waals surface area contributed by atoms with E-state index in [4.69, 9.17) is 4.74 Å². The van der Waals surface area contributed by atoms with Gasteiger partial charge in [0.1, 0.15) is 17.3 Å². The molecular formula is C29H25FN4O4. The monoisotopic (exact) mass is 512 g/mol. The van der Waals surface area contributed by atoms with Crippen molar-refractivity contribution in [3.05, 3.63) is 112 Å². The van der Waals surface area contributed by atoms with Gasteiger partial charge in [0, 0.05) is 6.42 Å². The van der Waals surface area contributed by atoms with Gasteiger partial charge in [-0.3, -0.25) is 9.69 Å². The van der Waals surface area contributed by atoms with Crippen LogP contribution in [0, 0.1) is 12.7 Å². The number of hydrogen-bond donors (Lipinski definition) is 2. The van der Waals surface area contributed by atoms with Crippen LogP contribution in [0.4, 0.5) is 9.18 Å². The van der Waals surface area contributed by atoms with Crippen molar-refractivity contribution >= 4 is 18.0 Å². The van der Waals surface area contributed by atoms with Crippen molar-refractivity contribution in [3.8, 4) is 17.3 Å². The number of carbonyl (C=O) groups is 2. The molecule has 9 heteroatoms. The van der Waals surface area contributed by atoms with Gasteiger partial charge in [0.15, 0.2) is 0 Å². The molecule has 38 heavy (non-hydrogen) atoms. The molecule has 1 saturated heterocycles. The van der Waals surface area contributed by atoms with Gasteiger partial charge in [0.25, 0.3) is 5.91 Å². The third kappa shape index (κ3) is 4.99. The molecule has 0 atom stereocenters. The first-order chi connectivity index (χ1) is 18.3. The molecule has 1 aliphatic heterocycles. The summed E-state index contributed by atoms with van der Waals surface area (Å²) in [5.41, 5.74) is 3.94. The average Bonchev–Trinajstić information content (AvgIpc) is 3.37. The number of ether oxygens (including phenoxy) is 1. The van der Waals surface area contributed by atoms with Gasteiger partial charge in [-0.2, -0.15) is 5.10 Å². The van der Waals surface area contributed by atoms with Crippen LogP contribution in [0.1, 0.15) is 27.9 Å². The molecule has 0 aliphatic carbocycles. The molecule has 8 nitrogen and oxygen atoms in total. The summed E-state index contributed by atoms with van der Waals surface area (Å²) in [7, 11) is 1.56. The summed E-state index contributed by atoms with van der Waals surface area (Å²) in [6.45, 7) is 2.07. The molecule has 3 amide bonds. The Morgan fingerprint density at radius 1 is 0.974 bits per heavy atom. The van der Waals surface area contributed by atoms with Crippen LogP contribution in [0.25, 0.3) is 11.8 Å². The van der Waals surface area contributed by atoms with Crippen LogP contribution in [0.5, 0.6) is 11.6 Å². The second kappa shape index (κ2) is 10.2. The highest BCUT2D eigenvalue weighted by Crippen LogP contribution is 2.30. The SMILES string of the molecule is COc1ccc(-n2nc(Cc3ccc(F)cc3)c(/C=C3\NC(=O)N(Cc4ccc(C)cc4)C3=O)c2O)cc1. The highest BCUT2D eigenvalue weighted by molar-refractivity contribution is 6.14. The highest BCUT2D eigenvalue weighted by Gasteiger charge is 2.34. The number of aromatic hydroxyl groups is 1. The molecule has 1 aromatic heterocycles. The van der Waals surface area contributed by atoms with E-state index < -0.39 is 11.9 Å². The minimum atomic E-state index is -0.552. The molecule has 0 saturated carbocycles. The van der Waals surface area contributed by atoms with Crippen molar-refractivity contribution in [2.45, 2.75) is 19.9 Å². The van der Waals surface area contributed by atoms with Crippen LogP contribution in [0.15, 0.2) is 78.5 Å². The van der Waals surface area contributed by atoms with Crippen LogP contribution in [0.2, 0.25) is 0 Å². The molecule has 192 valence electrons. The molecule has 0 bridgehead atoms. The second-order valence-corrected chi connectivity index (χ2v) is 8.96. The fraction of sp³-hybridized carbons (Fsp3) is 0.138. The van der Waals surface area contributed by atoms with Gasteiger partial charge in [-0.1, -0.05) is 42.0 Å². The maximum absolute atomic E-state index is 13.5. The number of hydrogen-bond acceptors (Lipinski definition) is 5. The lowest BCUT2D eigenvalue weighted by Crippen LogP contribution is -2.30. The van der Waals surface area contributed by atoms with E-state index in [0.717, 1.165) is 21.6 Å². The summed E-state index contributed by atoms with van der Waals surface area (Å²) in [4.78, 5) is 26.9. The Morgan fingerprint density at radius 3 is 2.29 bits per heavy atom. The van der Waals surface area contributed by atoms with Crippen molar-refractivity contribution in [2.24, 2.45) is 0 Å². The number of aromatic nitrogens is 2. The number of rotatable bonds is 7. The zero-order valence-electron chi connectivity index (χ0n) is 20.8. The number of amides is 3. The van der Waals surface area contributed by atoms with E-state index in [1.165, 1.54) is 22.9 Å². The van der Waals surface area contributed by atoms with E-state index in [9.17, 15) is 19.1 Å². The smallest absolute Gasteiger partial charge is 0.329 e. The zero-order valence-corrected chi connectivity index (χ0v) is 20.8. The predicted molar refractivity (Wildman–Crippen MR) is 139 cm³/mol. The molecule has 2 heterocycles. The van der Waals surface area contributed by atoms with Gasteiger partial charge in [-0.15, -0.1) is 0 Å². The van der Waals surface area contributed by atoms with Gasteiger partial charge in [0.05, 0.1) is 30.6 Å². The largest absolute Gasteiger partial charge is 0.497 e. The van der Waals surface area contributed by atoms with Crippen LogP contribution in [0.3, 0.4) is 0 Å². The summed E-state index contributed by atoms with van der Waals surface area (Å²) in [5.74, 6) is -0.448. The van der Waals surface area contributed by atoms with Crippen molar-refractivity contribution in [1.29, 1.82) is 0 Å². The lowest BCUT2D eigenvalue weighted by atomic mass is 10.1. The molecule has 0 spiro atoms. The van der Waals surface area contributed by atoms with Crippen molar-refractivity contribution in [1.82, 2.24) is 20.0 Å². The van der Waals surface area contributed by atoms with E-state index in [-0.39, 0.29) is 35.9 Å². The molecule has 5 rings (SSSR count). The van der Waals surface area contributed by atoms with Crippen LogP contribution in [-0.2, 0) is 17.8 Å². The van der Waals surface area contributed by atoms with Crippen molar-refractivity contribution < 1.29 is 23.8 Å². The Morgan fingerprint density at radius 2 is 1.63 bits per heavy atom. The van der Waals surface area contributed by atoms with Gasteiger partial charge >= 0.3 is 6.03 Å². The number of carbonyl (C=O) groups excluding carboxylic acids is 2. The normalized spacial score (nSPS) is 14.3. The Hall–Kier alpha value is -4.92. The number of nitrogens with one attached hydrogen (secondary N) is 1. The fourth-order valence-corrected chi connectivity index (χ4v) is 4.18. The quantitative estimate of drug-likeness (QED) is 0.276. The molecule has 2 N–H and O–H groups in total. The highest BCUT2D eigenvalue weighted by atomic mass is 19.1. The van der Waals surface area contributed by atoms with Crippen LogP contribution in [-0.4, -0.2) is 38.8 Å². The first-order valence-corrected chi connectivity index (χ1v) is 11.9. The Balaban J connectivity index is 1.51. The third-order valence-electron chi connectivity index (χ3n) is 6.29. The minimum Gasteiger partial charge on any atom is -0.497 e. The summed E-state index contributed by atoms with van der Waals surface area (Å²) >= 11 is 0. The van der Waals surface area contributed by atoms with E-state index in [1.54, 1.807) is 43.5 Å². The molecule has 1 aliphatic rings. The molecular weight excluding hydrogens is 487 g/mol. The number of benzene rings is 3. The minimum absolute atomic E-state index is 0.0204. The summed E-state index contributed by atoms with van der Waals surface area (Å²) in [6.07, 6.45) is 1.68. The molecule has 1 fully saturated rings. The van der Waals surface area contributed by atoms with E-state index >= 15 is 0 Å². The van der Waals surface area contributed by atoms with Gasteiger partial charge in [-0.05, 0) is 60.5 Å². The van der Waals surface area contributed by atoms with Crippen molar-refractivity contribution in [3.63, 3.8) is 0 Å². The molecule has 0 radical (unpaired) electrons. The topological polar surface area (TPSA) is 96.7 Å². The Bertz CT molecular complexity index is 1520. The van der Waals surface area contributed by atoms with E-state index in [1.807, 2.05) is 31.2 Å². The van der Waals surface area contributed by atoms with Gasteiger partial charge in [0.2, 0.25) is 5.88 Å². The van der Waals surface area contributed by atoms with Gasteiger partial charge in [-0.25, -0.2) is 13.9 Å². The van der Waals surface area contributed by atoms with Gasteiger partial charge < -0.3 is 15.2 Å². The number of methoxy groups -OCH3 is 1. The van der Waals surface area contributed by atoms with E-state index in [2.05, 4.69) is 10.4 Å². The van der Waals surface area contributed by atoms with Crippen LogP contribution >= 0.6 is 0 Å². The second-order valence-electron chi connectivity index (χ2n) is 8.96. The lowest BCUT2D eigenvalue weighted by molar-refractivity contribution is -0.123. The standard InChI is InChI=1S/C29H25FN4O4/c1-18-3-5-20(6-4-18)17-33-28(36)26(31-29(33)37)16-24-25(15-19-7-9-21(30)10-8-19)32-34(27(24)35)22-11-13-23(38-2)14-12-22/h3-14,16,35H,15,17H2,1-2H3,(H,31,37)/b26-16-. The fourth-order valence-electron chi connectivity index (χ4n) is 4.18. The van der Waals surface area contributed by atoms with Crippen LogP contribution < -0.4 is 10.1 Å². The van der Waals surface area contributed by atoms with Crippen molar-refractivity contribution in [2.75, 3.05) is 7.11 Å². The van der Waals surface area contributed by atoms with E-state index in [0.29, 0.717) is 17.1 Å². The summed E-state index contributed by atoms with van der Waals surface area (Å²) < 4.78 is 20.0.